The Morgan fingerprint density at radius 2 is 1.59 bits per heavy atom. The number of halogens is 2. The molecule has 2 amide bonds. The summed E-state index contributed by atoms with van der Waals surface area (Å²) in [7, 11) is 0. The molecule has 0 radical (unpaired) electrons. The number of carbonyl (C=O) groups excluding carboxylic acids is 1. The van der Waals surface area contributed by atoms with Crippen molar-refractivity contribution >= 4 is 33.6 Å². The van der Waals surface area contributed by atoms with Crippen molar-refractivity contribution in [1.29, 1.82) is 0 Å². The molecule has 0 aliphatic heterocycles. The van der Waals surface area contributed by atoms with Crippen LogP contribution >= 0.6 is 27.5 Å². The van der Waals surface area contributed by atoms with E-state index < -0.39 is 0 Å². The Balaban J connectivity index is 1.62. The van der Waals surface area contributed by atoms with Crippen LogP contribution in [0, 0.1) is 0 Å². The molecule has 0 saturated heterocycles. The van der Waals surface area contributed by atoms with Crippen LogP contribution in [0.15, 0.2) is 53.0 Å². The molecule has 0 fully saturated rings. The molecule has 116 valence electrons. The molecule has 0 heterocycles. The molecule has 0 spiro atoms. The van der Waals surface area contributed by atoms with E-state index in [1.807, 2.05) is 42.5 Å². The van der Waals surface area contributed by atoms with Crippen molar-refractivity contribution in [3.63, 3.8) is 0 Å². The monoisotopic (exact) mass is 380 g/mol. The lowest BCUT2D eigenvalue weighted by atomic mass is 10.1. The summed E-state index contributed by atoms with van der Waals surface area (Å²) >= 11 is 9.27. The van der Waals surface area contributed by atoms with Crippen molar-refractivity contribution in [3.05, 3.63) is 69.2 Å². The van der Waals surface area contributed by atoms with Gasteiger partial charge in [0.05, 0.1) is 0 Å². The summed E-state index contributed by atoms with van der Waals surface area (Å²) in [5, 5.41) is 6.43. The maximum atomic E-state index is 11.7. The predicted molar refractivity (Wildman–Crippen MR) is 94.4 cm³/mol. The molecule has 3 nitrogen and oxygen atoms in total. The maximum Gasteiger partial charge on any atom is 0.314 e. The second-order valence-electron chi connectivity index (χ2n) is 4.94. The van der Waals surface area contributed by atoms with E-state index >= 15 is 0 Å². The second-order valence-corrected chi connectivity index (χ2v) is 6.29. The minimum atomic E-state index is -0.135. The Morgan fingerprint density at radius 1 is 0.955 bits per heavy atom. The lowest BCUT2D eigenvalue weighted by Crippen LogP contribution is -2.37. The minimum absolute atomic E-state index is 0.135. The number of urea groups is 1. The van der Waals surface area contributed by atoms with Crippen LogP contribution in [0.4, 0.5) is 4.79 Å². The highest BCUT2D eigenvalue weighted by Crippen LogP contribution is 2.11. The van der Waals surface area contributed by atoms with Crippen LogP contribution < -0.4 is 10.6 Å². The van der Waals surface area contributed by atoms with Crippen molar-refractivity contribution in [2.45, 2.75) is 12.8 Å². The summed E-state index contributed by atoms with van der Waals surface area (Å²) in [6.45, 7) is 1.22. The minimum Gasteiger partial charge on any atom is -0.338 e. The summed E-state index contributed by atoms with van der Waals surface area (Å²) in [4.78, 5) is 11.7. The third-order valence-electron chi connectivity index (χ3n) is 3.20. The lowest BCUT2D eigenvalue weighted by molar-refractivity contribution is 0.241. The Kier molecular flexibility index (Phi) is 6.74. The Labute approximate surface area is 144 Å². The fourth-order valence-electron chi connectivity index (χ4n) is 2.05. The van der Waals surface area contributed by atoms with E-state index in [0.29, 0.717) is 13.1 Å². The number of hydrogen-bond donors (Lipinski definition) is 2. The van der Waals surface area contributed by atoms with Crippen LogP contribution in [0.3, 0.4) is 0 Å². The molecule has 0 aromatic heterocycles. The average Bonchev–Trinajstić information content (AvgIpc) is 2.49. The molecular weight excluding hydrogens is 364 g/mol. The van der Waals surface area contributed by atoms with Crippen molar-refractivity contribution in [3.8, 4) is 0 Å². The Hall–Kier alpha value is -1.52. The first kappa shape index (κ1) is 16.8. The molecule has 0 aliphatic rings. The summed E-state index contributed by atoms with van der Waals surface area (Å²) in [6, 6.07) is 15.6. The van der Waals surface area contributed by atoms with Gasteiger partial charge in [-0.3, -0.25) is 0 Å². The molecule has 0 aliphatic carbocycles. The standard InChI is InChI=1S/C17H18BrClN2O/c18-15-3-1-2-14(12-15)9-11-21-17(22)20-10-8-13-4-6-16(19)7-5-13/h1-7,12H,8-11H2,(H2,20,21,22). The molecular formula is C17H18BrClN2O. The number of carbonyl (C=O) groups is 1. The van der Waals surface area contributed by atoms with Gasteiger partial charge < -0.3 is 10.6 Å². The average molecular weight is 382 g/mol. The zero-order valence-corrected chi connectivity index (χ0v) is 14.5. The van der Waals surface area contributed by atoms with Crippen LogP contribution in [0.5, 0.6) is 0 Å². The van der Waals surface area contributed by atoms with Crippen LogP contribution in [-0.4, -0.2) is 19.1 Å². The molecule has 2 N–H and O–H groups in total. The molecule has 0 atom stereocenters. The van der Waals surface area contributed by atoms with Crippen LogP contribution in [0.1, 0.15) is 11.1 Å². The van der Waals surface area contributed by atoms with Crippen molar-refractivity contribution < 1.29 is 4.79 Å². The van der Waals surface area contributed by atoms with E-state index in [-0.39, 0.29) is 6.03 Å². The molecule has 2 aromatic rings. The van der Waals surface area contributed by atoms with E-state index in [1.54, 1.807) is 0 Å². The van der Waals surface area contributed by atoms with Gasteiger partial charge in [0.1, 0.15) is 0 Å². The molecule has 0 unspecified atom stereocenters. The van der Waals surface area contributed by atoms with Crippen LogP contribution in [-0.2, 0) is 12.8 Å². The topological polar surface area (TPSA) is 41.1 Å². The first-order valence-corrected chi connectivity index (χ1v) is 8.31. The van der Waals surface area contributed by atoms with Gasteiger partial charge in [-0.1, -0.05) is 51.8 Å². The highest BCUT2D eigenvalue weighted by atomic mass is 79.9. The lowest BCUT2D eigenvalue weighted by Gasteiger charge is -2.08. The fourth-order valence-corrected chi connectivity index (χ4v) is 2.62. The molecule has 0 bridgehead atoms. The van der Waals surface area contributed by atoms with Crippen molar-refractivity contribution in [2.75, 3.05) is 13.1 Å². The van der Waals surface area contributed by atoms with E-state index in [0.717, 1.165) is 27.9 Å². The van der Waals surface area contributed by atoms with Gasteiger partial charge in [0.25, 0.3) is 0 Å². The Morgan fingerprint density at radius 3 is 2.23 bits per heavy atom. The third-order valence-corrected chi connectivity index (χ3v) is 3.95. The summed E-state index contributed by atoms with van der Waals surface area (Å²) in [6.07, 6.45) is 1.60. The largest absolute Gasteiger partial charge is 0.338 e. The fraction of sp³-hybridized carbons (Fsp3) is 0.235. The smallest absolute Gasteiger partial charge is 0.314 e. The van der Waals surface area contributed by atoms with Gasteiger partial charge in [-0.05, 0) is 48.2 Å². The van der Waals surface area contributed by atoms with Crippen molar-refractivity contribution in [1.82, 2.24) is 10.6 Å². The van der Waals surface area contributed by atoms with Gasteiger partial charge in [0.15, 0.2) is 0 Å². The summed E-state index contributed by atoms with van der Waals surface area (Å²) in [5.41, 5.74) is 2.34. The Bertz CT molecular complexity index is 616. The number of amides is 2. The number of hydrogen-bond acceptors (Lipinski definition) is 1. The SMILES string of the molecule is O=C(NCCc1ccc(Cl)cc1)NCCc1cccc(Br)c1. The third kappa shape index (κ3) is 6.08. The number of rotatable bonds is 6. The zero-order valence-electron chi connectivity index (χ0n) is 12.1. The number of nitrogens with one attached hydrogen (secondary N) is 2. The van der Waals surface area contributed by atoms with Crippen LogP contribution in [0.25, 0.3) is 0 Å². The quantitative estimate of drug-likeness (QED) is 0.774. The van der Waals surface area contributed by atoms with Crippen molar-refractivity contribution in [2.24, 2.45) is 0 Å². The molecule has 22 heavy (non-hydrogen) atoms. The second kappa shape index (κ2) is 8.81. The van der Waals surface area contributed by atoms with Gasteiger partial charge in [-0.25, -0.2) is 4.79 Å². The first-order valence-electron chi connectivity index (χ1n) is 7.14. The molecule has 0 saturated carbocycles. The maximum absolute atomic E-state index is 11.7. The van der Waals surface area contributed by atoms with Gasteiger partial charge in [-0.2, -0.15) is 0 Å². The molecule has 5 heteroatoms. The van der Waals surface area contributed by atoms with Gasteiger partial charge >= 0.3 is 6.03 Å². The van der Waals surface area contributed by atoms with E-state index in [4.69, 9.17) is 11.6 Å². The van der Waals surface area contributed by atoms with E-state index in [1.165, 1.54) is 5.56 Å². The van der Waals surface area contributed by atoms with Gasteiger partial charge in [0, 0.05) is 22.6 Å². The zero-order chi connectivity index (χ0) is 15.8. The summed E-state index contributed by atoms with van der Waals surface area (Å²) < 4.78 is 1.05. The summed E-state index contributed by atoms with van der Waals surface area (Å²) in [5.74, 6) is 0. The van der Waals surface area contributed by atoms with Gasteiger partial charge in [0.2, 0.25) is 0 Å². The van der Waals surface area contributed by atoms with Crippen LogP contribution in [0.2, 0.25) is 5.02 Å². The molecule has 2 rings (SSSR count). The first-order chi connectivity index (χ1) is 10.6. The van der Waals surface area contributed by atoms with Gasteiger partial charge in [-0.15, -0.1) is 0 Å². The molecule has 2 aromatic carbocycles. The highest BCUT2D eigenvalue weighted by molar-refractivity contribution is 9.10. The van der Waals surface area contributed by atoms with E-state index in [2.05, 4.69) is 32.6 Å². The van der Waals surface area contributed by atoms with E-state index in [9.17, 15) is 4.79 Å². The normalized spacial score (nSPS) is 10.3. The predicted octanol–water partition coefficient (Wildman–Crippen LogP) is 4.19. The highest BCUT2D eigenvalue weighted by Gasteiger charge is 2.00. The number of benzene rings is 2.